The van der Waals surface area contributed by atoms with Crippen molar-refractivity contribution in [1.29, 1.82) is 0 Å². The quantitative estimate of drug-likeness (QED) is 0.917. The third-order valence-corrected chi connectivity index (χ3v) is 3.62. The zero-order valence-electron chi connectivity index (χ0n) is 11.5. The molecule has 0 saturated carbocycles. The van der Waals surface area contributed by atoms with Crippen molar-refractivity contribution in [1.82, 2.24) is 9.97 Å². The van der Waals surface area contributed by atoms with Gasteiger partial charge in [0.25, 0.3) is 0 Å². The zero-order valence-corrected chi connectivity index (χ0v) is 11.5. The smallest absolute Gasteiger partial charge is 0.373 e. The number of anilines is 1. The topological polar surface area (TPSA) is 37.8 Å². The molecule has 3 rings (SSSR count). The van der Waals surface area contributed by atoms with Gasteiger partial charge in [-0.2, -0.15) is 13.2 Å². The fraction of sp³-hybridized carbons (Fsp3) is 0.333. The molecule has 0 saturated heterocycles. The number of alkyl halides is 3. The van der Waals surface area contributed by atoms with Crippen LogP contribution < -0.4 is 5.32 Å². The van der Waals surface area contributed by atoms with Crippen molar-refractivity contribution < 1.29 is 13.2 Å². The van der Waals surface area contributed by atoms with Gasteiger partial charge in [0, 0.05) is 23.9 Å². The fourth-order valence-corrected chi connectivity index (χ4v) is 2.60. The van der Waals surface area contributed by atoms with Crippen LogP contribution in [0, 0.1) is 0 Å². The molecule has 0 atom stereocenters. The van der Waals surface area contributed by atoms with Gasteiger partial charge in [-0.15, -0.1) is 0 Å². The van der Waals surface area contributed by atoms with Gasteiger partial charge < -0.3 is 5.32 Å². The van der Waals surface area contributed by atoms with Crippen LogP contribution in [0.3, 0.4) is 0 Å². The summed E-state index contributed by atoms with van der Waals surface area (Å²) in [6, 6.07) is 5.13. The van der Waals surface area contributed by atoms with Crippen molar-refractivity contribution in [2.45, 2.75) is 25.4 Å². The van der Waals surface area contributed by atoms with E-state index in [2.05, 4.69) is 15.3 Å². The molecular formula is C15H14F3N3. The van der Waals surface area contributed by atoms with Crippen LogP contribution >= 0.6 is 0 Å². The van der Waals surface area contributed by atoms with E-state index in [4.69, 9.17) is 0 Å². The Morgan fingerprint density at radius 1 is 1.14 bits per heavy atom. The number of rotatable bonds is 2. The summed E-state index contributed by atoms with van der Waals surface area (Å²) in [5.74, 6) is 1.05. The number of nitrogens with zero attached hydrogens (tertiary/aromatic N) is 2. The van der Waals surface area contributed by atoms with Crippen molar-refractivity contribution in [3.05, 3.63) is 41.1 Å². The SMILES string of the molecule is CNc1nc(-c2cccc(C(F)(F)F)c2)nc2c1CCC2. The summed E-state index contributed by atoms with van der Waals surface area (Å²) in [6.07, 6.45) is -1.60. The van der Waals surface area contributed by atoms with E-state index in [1.54, 1.807) is 13.1 Å². The highest BCUT2D eigenvalue weighted by molar-refractivity contribution is 5.61. The summed E-state index contributed by atoms with van der Waals surface area (Å²) in [5, 5.41) is 3.01. The summed E-state index contributed by atoms with van der Waals surface area (Å²) in [5.41, 5.74) is 1.71. The maximum Gasteiger partial charge on any atom is 0.416 e. The molecule has 110 valence electrons. The molecular weight excluding hydrogens is 279 g/mol. The molecule has 1 heterocycles. The Morgan fingerprint density at radius 3 is 2.67 bits per heavy atom. The highest BCUT2D eigenvalue weighted by Crippen LogP contribution is 2.33. The molecule has 1 aliphatic rings. The monoisotopic (exact) mass is 293 g/mol. The number of hydrogen-bond donors (Lipinski definition) is 1. The van der Waals surface area contributed by atoms with E-state index < -0.39 is 11.7 Å². The van der Waals surface area contributed by atoms with Crippen LogP contribution in [-0.4, -0.2) is 17.0 Å². The van der Waals surface area contributed by atoms with Crippen molar-refractivity contribution >= 4 is 5.82 Å². The van der Waals surface area contributed by atoms with Crippen molar-refractivity contribution in [3.63, 3.8) is 0 Å². The summed E-state index contributed by atoms with van der Waals surface area (Å²) >= 11 is 0. The summed E-state index contributed by atoms with van der Waals surface area (Å²) in [7, 11) is 1.76. The molecule has 1 aromatic carbocycles. The Balaban J connectivity index is 2.09. The maximum absolute atomic E-state index is 12.8. The predicted molar refractivity (Wildman–Crippen MR) is 74.0 cm³/mol. The lowest BCUT2D eigenvalue weighted by Gasteiger charge is -2.11. The molecule has 2 aromatic rings. The van der Waals surface area contributed by atoms with Crippen LogP contribution in [0.15, 0.2) is 24.3 Å². The van der Waals surface area contributed by atoms with Gasteiger partial charge in [-0.25, -0.2) is 9.97 Å². The van der Waals surface area contributed by atoms with Gasteiger partial charge in [-0.05, 0) is 31.4 Å². The number of aromatic nitrogens is 2. The first kappa shape index (κ1) is 13.9. The first-order chi connectivity index (χ1) is 9.99. The Labute approximate surface area is 120 Å². The summed E-state index contributed by atoms with van der Waals surface area (Å²) in [6.45, 7) is 0. The second-order valence-electron chi connectivity index (χ2n) is 5.00. The molecule has 3 nitrogen and oxygen atoms in total. The van der Waals surface area contributed by atoms with Gasteiger partial charge in [0.2, 0.25) is 0 Å². The van der Waals surface area contributed by atoms with Crippen LogP contribution in [0.5, 0.6) is 0 Å². The minimum absolute atomic E-state index is 0.339. The van der Waals surface area contributed by atoms with Crippen molar-refractivity contribution in [3.8, 4) is 11.4 Å². The Bertz CT molecular complexity index is 680. The standard InChI is InChI=1S/C15H14F3N3/c1-19-14-11-6-3-7-12(11)20-13(21-14)9-4-2-5-10(8-9)15(16,17)18/h2,4-5,8H,3,6-7H2,1H3,(H,19,20,21). The number of aryl methyl sites for hydroxylation is 1. The summed E-state index contributed by atoms with van der Waals surface area (Å²) < 4.78 is 38.4. The number of hydrogen-bond acceptors (Lipinski definition) is 3. The Morgan fingerprint density at radius 2 is 1.95 bits per heavy atom. The lowest BCUT2D eigenvalue weighted by molar-refractivity contribution is -0.137. The molecule has 0 unspecified atom stereocenters. The minimum atomic E-state index is -4.36. The molecule has 6 heteroatoms. The van der Waals surface area contributed by atoms with Crippen LogP contribution in [0.25, 0.3) is 11.4 Å². The number of nitrogens with one attached hydrogen (secondary N) is 1. The third kappa shape index (κ3) is 2.57. The highest BCUT2D eigenvalue weighted by Gasteiger charge is 2.30. The van der Waals surface area contributed by atoms with Gasteiger partial charge in [0.1, 0.15) is 5.82 Å². The van der Waals surface area contributed by atoms with Crippen LogP contribution in [0.1, 0.15) is 23.2 Å². The van der Waals surface area contributed by atoms with E-state index in [1.807, 2.05) is 0 Å². The van der Waals surface area contributed by atoms with Gasteiger partial charge >= 0.3 is 6.18 Å². The van der Waals surface area contributed by atoms with E-state index >= 15 is 0 Å². The zero-order chi connectivity index (χ0) is 15.0. The van der Waals surface area contributed by atoms with Crippen molar-refractivity contribution in [2.24, 2.45) is 0 Å². The average molecular weight is 293 g/mol. The lowest BCUT2D eigenvalue weighted by Crippen LogP contribution is -2.06. The Hall–Kier alpha value is -2.11. The highest BCUT2D eigenvalue weighted by atomic mass is 19.4. The van der Waals surface area contributed by atoms with Gasteiger partial charge in [0.05, 0.1) is 5.56 Å². The minimum Gasteiger partial charge on any atom is -0.373 e. The third-order valence-electron chi connectivity index (χ3n) is 3.62. The molecule has 0 radical (unpaired) electrons. The first-order valence-electron chi connectivity index (χ1n) is 6.74. The molecule has 0 bridgehead atoms. The molecule has 1 N–H and O–H groups in total. The van der Waals surface area contributed by atoms with Gasteiger partial charge in [0.15, 0.2) is 5.82 Å². The largest absolute Gasteiger partial charge is 0.416 e. The van der Waals surface area contributed by atoms with Gasteiger partial charge in [-0.1, -0.05) is 12.1 Å². The Kier molecular flexibility index (Phi) is 3.31. The molecule has 0 aliphatic heterocycles. The fourth-order valence-electron chi connectivity index (χ4n) is 2.60. The average Bonchev–Trinajstić information content (AvgIpc) is 2.93. The van der Waals surface area contributed by atoms with Crippen LogP contribution in [-0.2, 0) is 19.0 Å². The normalized spacial score (nSPS) is 14.1. The van der Waals surface area contributed by atoms with E-state index in [0.717, 1.165) is 42.7 Å². The van der Waals surface area contributed by atoms with Crippen LogP contribution in [0.2, 0.25) is 0 Å². The van der Waals surface area contributed by atoms with E-state index in [-0.39, 0.29) is 0 Å². The number of benzene rings is 1. The van der Waals surface area contributed by atoms with Crippen LogP contribution in [0.4, 0.5) is 19.0 Å². The molecule has 0 spiro atoms. The molecule has 0 amide bonds. The second kappa shape index (κ2) is 5.02. The molecule has 21 heavy (non-hydrogen) atoms. The number of fused-ring (bicyclic) bond motifs is 1. The van der Waals surface area contributed by atoms with E-state index in [9.17, 15) is 13.2 Å². The molecule has 0 fully saturated rings. The van der Waals surface area contributed by atoms with E-state index in [1.165, 1.54) is 6.07 Å². The molecule has 1 aromatic heterocycles. The molecule has 1 aliphatic carbocycles. The maximum atomic E-state index is 12.8. The first-order valence-corrected chi connectivity index (χ1v) is 6.74. The predicted octanol–water partition coefficient (Wildman–Crippen LogP) is 3.69. The van der Waals surface area contributed by atoms with Gasteiger partial charge in [-0.3, -0.25) is 0 Å². The second-order valence-corrected chi connectivity index (χ2v) is 5.00. The summed E-state index contributed by atoms with van der Waals surface area (Å²) in [4.78, 5) is 8.80. The lowest BCUT2D eigenvalue weighted by atomic mass is 10.1. The number of halogens is 3. The van der Waals surface area contributed by atoms with E-state index in [0.29, 0.717) is 17.2 Å². The van der Waals surface area contributed by atoms with Crippen molar-refractivity contribution in [2.75, 3.05) is 12.4 Å².